The Balaban J connectivity index is 1.88. The molecule has 2 fully saturated rings. The molecule has 0 radical (unpaired) electrons. The van der Waals surface area contributed by atoms with E-state index >= 15 is 0 Å². The third-order valence-electron chi connectivity index (χ3n) is 6.95. The molecule has 1 aromatic carbocycles. The summed E-state index contributed by atoms with van der Waals surface area (Å²) in [5.74, 6) is 1.57. The molecular weight excluding hydrogens is 306 g/mol. The number of piperidine rings is 1. The zero-order valence-corrected chi connectivity index (χ0v) is 16.6. The highest BCUT2D eigenvalue weighted by Gasteiger charge is 2.48. The summed E-state index contributed by atoms with van der Waals surface area (Å²) < 4.78 is 0. The van der Waals surface area contributed by atoms with Crippen LogP contribution in [0.15, 0.2) is 30.3 Å². The molecule has 3 rings (SSSR count). The van der Waals surface area contributed by atoms with Crippen LogP contribution in [-0.4, -0.2) is 29.1 Å². The van der Waals surface area contributed by atoms with Crippen LogP contribution in [-0.2, 0) is 0 Å². The summed E-state index contributed by atoms with van der Waals surface area (Å²) >= 11 is 0. The quantitative estimate of drug-likeness (QED) is 0.803. The van der Waals surface area contributed by atoms with E-state index in [1.54, 1.807) is 0 Å². The molecule has 2 aliphatic rings. The fourth-order valence-corrected chi connectivity index (χ4v) is 6.09. The molecule has 140 valence electrons. The van der Waals surface area contributed by atoms with Crippen molar-refractivity contribution in [2.24, 2.45) is 23.2 Å². The molecule has 0 spiro atoms. The largest absolute Gasteiger partial charge is 0.388 e. The maximum atomic E-state index is 11.3. The molecule has 0 amide bonds. The molecule has 1 saturated heterocycles. The summed E-state index contributed by atoms with van der Waals surface area (Å²) in [6.07, 6.45) is 6.11. The van der Waals surface area contributed by atoms with Crippen molar-refractivity contribution in [3.8, 4) is 0 Å². The number of likely N-dealkylation sites (tertiary alicyclic amines) is 1. The van der Waals surface area contributed by atoms with Crippen LogP contribution in [0.1, 0.15) is 71.5 Å². The smallest absolute Gasteiger partial charge is 0.0821 e. The van der Waals surface area contributed by atoms with Gasteiger partial charge in [0.05, 0.1) is 6.10 Å². The Hall–Kier alpha value is -0.860. The summed E-state index contributed by atoms with van der Waals surface area (Å²) in [4.78, 5) is 2.70. The summed E-state index contributed by atoms with van der Waals surface area (Å²) in [6.45, 7) is 12.2. The molecule has 0 bridgehead atoms. The van der Waals surface area contributed by atoms with Gasteiger partial charge in [-0.1, -0.05) is 57.5 Å². The van der Waals surface area contributed by atoms with Crippen molar-refractivity contribution < 1.29 is 5.11 Å². The van der Waals surface area contributed by atoms with Crippen molar-refractivity contribution >= 4 is 0 Å². The Kier molecular flexibility index (Phi) is 5.90. The Morgan fingerprint density at radius 2 is 1.72 bits per heavy atom. The van der Waals surface area contributed by atoms with Gasteiger partial charge in [0.1, 0.15) is 0 Å². The maximum Gasteiger partial charge on any atom is 0.0821 e. The van der Waals surface area contributed by atoms with Gasteiger partial charge in [0, 0.05) is 6.04 Å². The minimum absolute atomic E-state index is 0.273. The van der Waals surface area contributed by atoms with Crippen LogP contribution in [0.25, 0.3) is 0 Å². The van der Waals surface area contributed by atoms with Crippen LogP contribution in [0.3, 0.4) is 0 Å². The van der Waals surface area contributed by atoms with Crippen molar-refractivity contribution in [1.82, 2.24) is 4.90 Å². The average molecular weight is 344 g/mol. The number of aliphatic hydroxyl groups excluding tert-OH is 1. The molecule has 2 nitrogen and oxygen atoms in total. The van der Waals surface area contributed by atoms with Gasteiger partial charge >= 0.3 is 0 Å². The molecular formula is C23H37NO. The third-order valence-corrected chi connectivity index (χ3v) is 6.95. The molecule has 1 aliphatic carbocycles. The van der Waals surface area contributed by atoms with Gasteiger partial charge in [-0.3, -0.25) is 0 Å². The Bertz CT molecular complexity index is 534. The van der Waals surface area contributed by atoms with E-state index in [1.165, 1.54) is 38.8 Å². The predicted octanol–water partition coefficient (Wildman–Crippen LogP) is 5.28. The van der Waals surface area contributed by atoms with Gasteiger partial charge in [-0.2, -0.15) is 0 Å². The number of nitrogens with zero attached hydrogens (tertiary/aromatic N) is 1. The van der Waals surface area contributed by atoms with Crippen molar-refractivity contribution in [3.05, 3.63) is 35.9 Å². The molecule has 1 saturated carbocycles. The number of aliphatic hydroxyl groups is 1. The van der Waals surface area contributed by atoms with E-state index in [2.05, 4.69) is 56.9 Å². The van der Waals surface area contributed by atoms with E-state index in [4.69, 9.17) is 0 Å². The first-order valence-electron chi connectivity index (χ1n) is 10.4. The number of rotatable bonds is 4. The summed E-state index contributed by atoms with van der Waals surface area (Å²) in [5, 5.41) is 11.3. The molecule has 0 aromatic heterocycles. The second-order valence-electron chi connectivity index (χ2n) is 9.42. The maximum absolute atomic E-state index is 11.3. The van der Waals surface area contributed by atoms with Gasteiger partial charge in [-0.05, 0) is 74.4 Å². The van der Waals surface area contributed by atoms with Crippen LogP contribution in [0.5, 0.6) is 0 Å². The molecule has 1 aliphatic heterocycles. The van der Waals surface area contributed by atoms with E-state index < -0.39 is 0 Å². The lowest BCUT2D eigenvalue weighted by Gasteiger charge is -2.53. The minimum atomic E-state index is -0.347. The number of benzene rings is 1. The van der Waals surface area contributed by atoms with Crippen molar-refractivity contribution in [3.63, 3.8) is 0 Å². The normalized spacial score (nSPS) is 32.9. The third kappa shape index (κ3) is 4.11. The van der Waals surface area contributed by atoms with Gasteiger partial charge in [0.2, 0.25) is 0 Å². The van der Waals surface area contributed by atoms with Gasteiger partial charge in [0.25, 0.3) is 0 Å². The minimum Gasteiger partial charge on any atom is -0.388 e. The van der Waals surface area contributed by atoms with Gasteiger partial charge in [-0.25, -0.2) is 0 Å². The van der Waals surface area contributed by atoms with Gasteiger partial charge in [0.15, 0.2) is 0 Å². The van der Waals surface area contributed by atoms with Crippen LogP contribution in [0.2, 0.25) is 0 Å². The monoisotopic (exact) mass is 343 g/mol. The van der Waals surface area contributed by atoms with Crippen molar-refractivity contribution in [1.29, 1.82) is 0 Å². The Labute approximate surface area is 154 Å². The summed E-state index contributed by atoms with van der Waals surface area (Å²) in [6, 6.07) is 10.9. The lowest BCUT2D eigenvalue weighted by atomic mass is 9.56. The van der Waals surface area contributed by atoms with Crippen LogP contribution in [0, 0.1) is 23.2 Å². The first-order chi connectivity index (χ1) is 11.9. The van der Waals surface area contributed by atoms with Gasteiger partial charge in [-0.15, -0.1) is 0 Å². The lowest BCUT2D eigenvalue weighted by molar-refractivity contribution is -0.0732. The molecule has 1 aromatic rings. The molecule has 1 N–H and O–H groups in total. The van der Waals surface area contributed by atoms with Crippen molar-refractivity contribution in [2.45, 2.75) is 71.9 Å². The molecule has 5 atom stereocenters. The van der Waals surface area contributed by atoms with Gasteiger partial charge < -0.3 is 10.0 Å². The highest BCUT2D eigenvalue weighted by atomic mass is 16.3. The number of hydrogen-bond acceptors (Lipinski definition) is 2. The molecule has 25 heavy (non-hydrogen) atoms. The predicted molar refractivity (Wildman–Crippen MR) is 105 cm³/mol. The topological polar surface area (TPSA) is 23.5 Å². The average Bonchev–Trinajstić information content (AvgIpc) is 2.60. The fourth-order valence-electron chi connectivity index (χ4n) is 6.09. The lowest BCUT2D eigenvalue weighted by Crippen LogP contribution is -2.52. The van der Waals surface area contributed by atoms with Crippen molar-refractivity contribution in [2.75, 3.05) is 13.1 Å². The SMILES string of the molecule is CC1CC(C(O)c2ccccc2)C(C(C)N2CCCCC2)C(C)(C)C1. The molecule has 5 unspecified atom stereocenters. The highest BCUT2D eigenvalue weighted by Crippen LogP contribution is 2.52. The fraction of sp³-hybridized carbons (Fsp3) is 0.739. The highest BCUT2D eigenvalue weighted by molar-refractivity contribution is 5.19. The number of hydrogen-bond donors (Lipinski definition) is 1. The van der Waals surface area contributed by atoms with E-state index in [9.17, 15) is 5.11 Å². The van der Waals surface area contributed by atoms with E-state index in [0.29, 0.717) is 23.8 Å². The van der Waals surface area contributed by atoms with Crippen LogP contribution >= 0.6 is 0 Å². The Morgan fingerprint density at radius 3 is 2.36 bits per heavy atom. The van der Waals surface area contributed by atoms with E-state index in [1.807, 2.05) is 6.07 Å². The zero-order chi connectivity index (χ0) is 18.0. The standard InChI is InChI=1S/C23H37NO/c1-17-15-20(22(25)19-11-7-5-8-12-19)21(23(3,4)16-17)18(2)24-13-9-6-10-14-24/h5,7-8,11-12,17-18,20-22,25H,6,9-10,13-16H2,1-4H3. The summed E-state index contributed by atoms with van der Waals surface area (Å²) in [7, 11) is 0. The Morgan fingerprint density at radius 1 is 1.08 bits per heavy atom. The molecule has 2 heteroatoms. The molecule has 1 heterocycles. The first-order valence-corrected chi connectivity index (χ1v) is 10.4. The first kappa shape index (κ1) is 18.9. The zero-order valence-electron chi connectivity index (χ0n) is 16.6. The second kappa shape index (κ2) is 7.80. The van der Waals surface area contributed by atoms with Crippen LogP contribution < -0.4 is 0 Å². The second-order valence-corrected chi connectivity index (χ2v) is 9.42. The summed E-state index contributed by atoms with van der Waals surface area (Å²) in [5.41, 5.74) is 1.36. The van der Waals surface area contributed by atoms with E-state index in [0.717, 1.165) is 12.0 Å². The van der Waals surface area contributed by atoms with Crippen LogP contribution in [0.4, 0.5) is 0 Å². The van der Waals surface area contributed by atoms with E-state index in [-0.39, 0.29) is 11.5 Å².